The summed E-state index contributed by atoms with van der Waals surface area (Å²) < 4.78 is 5.21. The molecule has 2 N–H and O–H groups in total. The van der Waals surface area contributed by atoms with Gasteiger partial charge in [0.1, 0.15) is 5.60 Å². The quantitative estimate of drug-likeness (QED) is 0.650. The largest absolute Gasteiger partial charge is 0.444 e. The maximum atomic E-state index is 12.6. The number of ether oxygens (including phenoxy) is 1. The third-order valence-electron chi connectivity index (χ3n) is 3.72. The summed E-state index contributed by atoms with van der Waals surface area (Å²) in [6.07, 6.45) is 0.770. The Balaban J connectivity index is 2.17. The molecule has 6 nitrogen and oxygen atoms in total. The number of nitrogens with zero attached hydrogens (tertiary/aromatic N) is 1. The second-order valence-corrected chi connectivity index (χ2v) is 8.83. The predicted octanol–water partition coefficient (Wildman–Crippen LogP) is 5.63. The maximum absolute atomic E-state index is 12.6. The summed E-state index contributed by atoms with van der Waals surface area (Å²) in [7, 11) is 0. The minimum atomic E-state index is -0.655. The number of pyridine rings is 1. The van der Waals surface area contributed by atoms with E-state index in [2.05, 4.69) is 36.4 Å². The van der Waals surface area contributed by atoms with Gasteiger partial charge in [-0.2, -0.15) is 0 Å². The zero-order valence-corrected chi connectivity index (χ0v) is 17.8. The molecule has 7 heteroatoms. The molecule has 2 aromatic rings. The lowest BCUT2D eigenvalue weighted by Crippen LogP contribution is -2.27. The highest BCUT2D eigenvalue weighted by atomic mass is 35.5. The van der Waals surface area contributed by atoms with Gasteiger partial charge in [0.15, 0.2) is 5.15 Å². The molecule has 150 valence electrons. The highest BCUT2D eigenvalue weighted by Gasteiger charge is 2.19. The van der Waals surface area contributed by atoms with E-state index in [0.717, 1.165) is 5.56 Å². The molecule has 2 amide bonds. The van der Waals surface area contributed by atoms with Crippen molar-refractivity contribution in [3.63, 3.8) is 0 Å². The first kappa shape index (κ1) is 21.7. The van der Waals surface area contributed by atoms with Crippen molar-refractivity contribution in [3.8, 4) is 0 Å². The predicted molar refractivity (Wildman–Crippen MR) is 112 cm³/mol. The number of anilines is 2. The number of hydrogen-bond donors (Lipinski definition) is 2. The third-order valence-corrected chi connectivity index (χ3v) is 4.02. The van der Waals surface area contributed by atoms with Crippen LogP contribution in [0.2, 0.25) is 5.15 Å². The Morgan fingerprint density at radius 1 is 1.04 bits per heavy atom. The molecular formula is C21H26ClN3O3. The molecule has 0 aliphatic rings. The molecule has 0 unspecified atom stereocenters. The van der Waals surface area contributed by atoms with Gasteiger partial charge in [0.25, 0.3) is 5.91 Å². The van der Waals surface area contributed by atoms with Crippen LogP contribution in [0.1, 0.15) is 57.5 Å². The van der Waals surface area contributed by atoms with Gasteiger partial charge in [-0.15, -0.1) is 0 Å². The lowest BCUT2D eigenvalue weighted by Gasteiger charge is -2.20. The standard InChI is InChI=1S/C21H26ClN3O3/c1-20(2,3)14-9-7-8-13(10-14)18(26)24-15-11-16(17(22)23-12-15)25-19(27)28-21(4,5)6/h7-12H,1-6H3,(H,24,26)(H,25,27). The molecule has 0 bridgehead atoms. The molecule has 1 aromatic heterocycles. The van der Waals surface area contributed by atoms with E-state index in [9.17, 15) is 9.59 Å². The molecule has 1 aromatic carbocycles. The smallest absolute Gasteiger partial charge is 0.412 e. The lowest BCUT2D eigenvalue weighted by molar-refractivity contribution is 0.0635. The normalized spacial score (nSPS) is 11.7. The molecule has 0 radical (unpaired) electrons. The van der Waals surface area contributed by atoms with Gasteiger partial charge in [0, 0.05) is 5.56 Å². The van der Waals surface area contributed by atoms with E-state index in [1.54, 1.807) is 26.8 Å². The van der Waals surface area contributed by atoms with Crippen LogP contribution in [0.5, 0.6) is 0 Å². The molecule has 0 aliphatic carbocycles. The van der Waals surface area contributed by atoms with Gasteiger partial charge in [-0.3, -0.25) is 10.1 Å². The van der Waals surface area contributed by atoms with Gasteiger partial charge in [-0.1, -0.05) is 44.5 Å². The summed E-state index contributed by atoms with van der Waals surface area (Å²) in [6, 6.07) is 8.98. The van der Waals surface area contributed by atoms with Crippen molar-refractivity contribution in [1.29, 1.82) is 0 Å². The summed E-state index contributed by atoms with van der Waals surface area (Å²) in [5.41, 5.74) is 1.53. The van der Waals surface area contributed by atoms with Crippen LogP contribution in [-0.4, -0.2) is 22.6 Å². The van der Waals surface area contributed by atoms with Crippen molar-refractivity contribution in [2.75, 3.05) is 10.6 Å². The van der Waals surface area contributed by atoms with Crippen LogP contribution in [0.25, 0.3) is 0 Å². The summed E-state index contributed by atoms with van der Waals surface area (Å²) in [5, 5.41) is 5.41. The molecule has 0 spiro atoms. The maximum Gasteiger partial charge on any atom is 0.412 e. The number of halogens is 1. The van der Waals surface area contributed by atoms with Gasteiger partial charge in [0.05, 0.1) is 17.6 Å². The van der Waals surface area contributed by atoms with E-state index >= 15 is 0 Å². The van der Waals surface area contributed by atoms with Crippen molar-refractivity contribution < 1.29 is 14.3 Å². The van der Waals surface area contributed by atoms with E-state index in [1.807, 2.05) is 18.2 Å². The molecule has 0 saturated heterocycles. The van der Waals surface area contributed by atoms with E-state index < -0.39 is 11.7 Å². The molecule has 2 rings (SSSR count). The van der Waals surface area contributed by atoms with Gasteiger partial charge in [0.2, 0.25) is 0 Å². The minimum Gasteiger partial charge on any atom is -0.444 e. The number of amides is 2. The molecule has 0 atom stereocenters. The van der Waals surface area contributed by atoms with Crippen molar-refractivity contribution in [3.05, 3.63) is 52.8 Å². The molecule has 0 aliphatic heterocycles. The van der Waals surface area contributed by atoms with Crippen molar-refractivity contribution in [1.82, 2.24) is 4.98 Å². The van der Waals surface area contributed by atoms with Crippen molar-refractivity contribution in [2.24, 2.45) is 0 Å². The van der Waals surface area contributed by atoms with E-state index in [-0.39, 0.29) is 22.2 Å². The van der Waals surface area contributed by atoms with Crippen LogP contribution in [0.15, 0.2) is 36.5 Å². The van der Waals surface area contributed by atoms with Gasteiger partial charge < -0.3 is 10.1 Å². The second-order valence-electron chi connectivity index (χ2n) is 8.47. The van der Waals surface area contributed by atoms with Crippen molar-refractivity contribution >= 4 is 35.0 Å². The van der Waals surface area contributed by atoms with Crippen LogP contribution in [0.3, 0.4) is 0 Å². The number of benzene rings is 1. The number of hydrogen-bond acceptors (Lipinski definition) is 4. The van der Waals surface area contributed by atoms with E-state index in [4.69, 9.17) is 16.3 Å². The fourth-order valence-corrected chi connectivity index (χ4v) is 2.50. The molecule has 1 heterocycles. The van der Waals surface area contributed by atoms with Crippen LogP contribution in [0, 0.1) is 0 Å². The molecule has 0 saturated carbocycles. The zero-order chi connectivity index (χ0) is 21.1. The Labute approximate surface area is 170 Å². The minimum absolute atomic E-state index is 0.0668. The Hall–Kier alpha value is -2.60. The lowest BCUT2D eigenvalue weighted by atomic mass is 9.86. The van der Waals surface area contributed by atoms with Gasteiger partial charge >= 0.3 is 6.09 Å². The number of nitrogens with one attached hydrogen (secondary N) is 2. The monoisotopic (exact) mass is 403 g/mol. The summed E-state index contributed by atoms with van der Waals surface area (Å²) in [5.74, 6) is -0.279. The van der Waals surface area contributed by atoms with E-state index in [1.165, 1.54) is 12.3 Å². The van der Waals surface area contributed by atoms with Crippen LogP contribution in [0.4, 0.5) is 16.2 Å². The van der Waals surface area contributed by atoms with Crippen molar-refractivity contribution in [2.45, 2.75) is 52.6 Å². The van der Waals surface area contributed by atoms with Crippen LogP contribution < -0.4 is 10.6 Å². The summed E-state index contributed by atoms with van der Waals surface area (Å²) in [4.78, 5) is 28.6. The SMILES string of the molecule is CC(C)(C)OC(=O)Nc1cc(NC(=O)c2cccc(C(C)(C)C)c2)cnc1Cl. The first-order valence-electron chi connectivity index (χ1n) is 8.92. The number of aromatic nitrogens is 1. The summed E-state index contributed by atoms with van der Waals surface area (Å²) >= 11 is 6.04. The summed E-state index contributed by atoms with van der Waals surface area (Å²) in [6.45, 7) is 11.5. The Kier molecular flexibility index (Phi) is 6.34. The first-order valence-corrected chi connectivity index (χ1v) is 9.30. The first-order chi connectivity index (χ1) is 12.8. The Morgan fingerprint density at radius 2 is 1.71 bits per heavy atom. The number of carbonyl (C=O) groups is 2. The second kappa shape index (κ2) is 8.19. The van der Waals surface area contributed by atoms with Crippen LogP contribution in [-0.2, 0) is 10.2 Å². The van der Waals surface area contributed by atoms with Gasteiger partial charge in [-0.25, -0.2) is 9.78 Å². The topological polar surface area (TPSA) is 80.3 Å². The number of carbonyl (C=O) groups excluding carboxylic acids is 2. The fraction of sp³-hybridized carbons (Fsp3) is 0.381. The molecule has 0 fully saturated rings. The zero-order valence-electron chi connectivity index (χ0n) is 17.0. The highest BCUT2D eigenvalue weighted by molar-refractivity contribution is 6.32. The van der Waals surface area contributed by atoms with Crippen LogP contribution >= 0.6 is 11.6 Å². The fourth-order valence-electron chi connectivity index (χ4n) is 2.35. The van der Waals surface area contributed by atoms with Gasteiger partial charge in [-0.05, 0) is 49.9 Å². The van der Waals surface area contributed by atoms with E-state index in [0.29, 0.717) is 11.3 Å². The number of rotatable bonds is 3. The Morgan fingerprint density at radius 3 is 2.32 bits per heavy atom. The molecule has 28 heavy (non-hydrogen) atoms. The average molecular weight is 404 g/mol. The highest BCUT2D eigenvalue weighted by Crippen LogP contribution is 2.25. The average Bonchev–Trinajstić information content (AvgIpc) is 2.55. The Bertz CT molecular complexity index is 883. The third kappa shape index (κ3) is 6.23. The molecular weight excluding hydrogens is 378 g/mol.